The summed E-state index contributed by atoms with van der Waals surface area (Å²) in [6.07, 6.45) is 2.80. The van der Waals surface area contributed by atoms with Crippen molar-refractivity contribution in [1.29, 1.82) is 0 Å². The van der Waals surface area contributed by atoms with Crippen LogP contribution in [0.2, 0.25) is 0 Å². The van der Waals surface area contributed by atoms with Gasteiger partial charge in [0.2, 0.25) is 0 Å². The first-order chi connectivity index (χ1) is 6.38. The molecule has 4 N–H and O–H groups in total. The van der Waals surface area contributed by atoms with Crippen molar-refractivity contribution in [2.45, 2.75) is 0 Å². The van der Waals surface area contributed by atoms with Gasteiger partial charge in [-0.3, -0.25) is 0 Å². The van der Waals surface area contributed by atoms with Gasteiger partial charge in [-0.15, -0.1) is 0 Å². The number of hydrogen-bond donors (Lipinski definition) is 2. The lowest BCUT2D eigenvalue weighted by Crippen LogP contribution is -1.88. The van der Waals surface area contributed by atoms with Crippen molar-refractivity contribution in [2.75, 3.05) is 0 Å². The van der Waals surface area contributed by atoms with E-state index in [4.69, 9.17) is 0 Å². The van der Waals surface area contributed by atoms with Crippen LogP contribution < -0.4 is 6.15 Å². The maximum Gasteiger partial charge on any atom is 0.166 e. The number of phenols is 1. The van der Waals surface area contributed by atoms with Crippen LogP contribution in [0.1, 0.15) is 0 Å². The molecular weight excluding hydrogens is 180 g/mol. The number of aromatic nitrogens is 3. The summed E-state index contributed by atoms with van der Waals surface area (Å²) in [5.74, 6) is 0.654. The van der Waals surface area contributed by atoms with E-state index in [1.807, 2.05) is 6.07 Å². The van der Waals surface area contributed by atoms with E-state index in [0.29, 0.717) is 11.4 Å². The third-order valence-electron chi connectivity index (χ3n) is 1.64. The lowest BCUT2D eigenvalue weighted by Gasteiger charge is -2.00. The maximum atomic E-state index is 9.46. The molecule has 0 fully saturated rings. The average Bonchev–Trinajstić information content (AvgIpc) is 2.20. The first kappa shape index (κ1) is 10.1. The Hall–Kier alpha value is -2.01. The molecule has 0 radical (unpaired) electrons. The first-order valence-corrected chi connectivity index (χ1v) is 3.78. The van der Waals surface area contributed by atoms with Gasteiger partial charge in [-0.2, -0.15) is 0 Å². The molecule has 0 saturated heterocycles. The molecule has 0 bridgehead atoms. The number of hydrogen-bond acceptors (Lipinski definition) is 5. The van der Waals surface area contributed by atoms with Crippen LogP contribution in [0.15, 0.2) is 36.9 Å². The fourth-order valence-electron chi connectivity index (χ4n) is 1.04. The number of para-hydroxylation sites is 1. The Labute approximate surface area is 81.1 Å². The summed E-state index contributed by atoms with van der Waals surface area (Å²) in [5, 5.41) is 9.46. The second kappa shape index (κ2) is 4.29. The summed E-state index contributed by atoms with van der Waals surface area (Å²) in [6, 6.07) is 6.92. The van der Waals surface area contributed by atoms with Crippen LogP contribution in [0, 0.1) is 0 Å². The molecule has 1 aromatic heterocycles. The van der Waals surface area contributed by atoms with Gasteiger partial charge in [-0.25, -0.2) is 15.0 Å². The average molecular weight is 190 g/mol. The zero-order chi connectivity index (χ0) is 9.10. The van der Waals surface area contributed by atoms with Crippen molar-refractivity contribution in [1.82, 2.24) is 21.1 Å². The predicted molar refractivity (Wildman–Crippen MR) is 51.9 cm³/mol. The highest BCUT2D eigenvalue weighted by molar-refractivity contribution is 5.62. The first-order valence-electron chi connectivity index (χ1n) is 3.78. The zero-order valence-electron chi connectivity index (χ0n) is 7.46. The van der Waals surface area contributed by atoms with Gasteiger partial charge in [0.1, 0.15) is 18.4 Å². The Bertz CT molecular complexity index is 405. The highest BCUT2D eigenvalue weighted by Gasteiger charge is 2.03. The smallest absolute Gasteiger partial charge is 0.166 e. The standard InChI is InChI=1S/C9H7N3O.H3N/c13-8-4-2-1-3-7(8)9-11-5-10-6-12-9;/h1-6,13H;1H3. The van der Waals surface area contributed by atoms with E-state index in [0.717, 1.165) is 0 Å². The van der Waals surface area contributed by atoms with E-state index in [-0.39, 0.29) is 11.9 Å². The molecule has 2 rings (SSSR count). The van der Waals surface area contributed by atoms with Crippen LogP contribution >= 0.6 is 0 Å². The van der Waals surface area contributed by atoms with Gasteiger partial charge in [0.25, 0.3) is 0 Å². The normalized spacial score (nSPS) is 9.14. The van der Waals surface area contributed by atoms with Crippen molar-refractivity contribution in [3.05, 3.63) is 36.9 Å². The number of aromatic hydroxyl groups is 1. The van der Waals surface area contributed by atoms with Gasteiger partial charge in [-0.05, 0) is 12.1 Å². The topological polar surface area (TPSA) is 93.9 Å². The molecule has 0 aliphatic carbocycles. The van der Waals surface area contributed by atoms with Gasteiger partial charge in [-0.1, -0.05) is 12.1 Å². The Morgan fingerprint density at radius 1 is 1.00 bits per heavy atom. The molecule has 2 aromatic rings. The molecule has 1 heterocycles. The Kier molecular flexibility index (Phi) is 3.09. The largest absolute Gasteiger partial charge is 0.507 e. The van der Waals surface area contributed by atoms with Crippen LogP contribution in [0.5, 0.6) is 5.75 Å². The van der Waals surface area contributed by atoms with Crippen LogP contribution in [0.4, 0.5) is 0 Å². The predicted octanol–water partition coefficient (Wildman–Crippen LogP) is 1.41. The molecule has 0 saturated carbocycles. The SMILES string of the molecule is N.Oc1ccccc1-c1ncncn1. The van der Waals surface area contributed by atoms with Crippen LogP contribution in [0.3, 0.4) is 0 Å². The van der Waals surface area contributed by atoms with Crippen LogP contribution in [-0.4, -0.2) is 20.1 Å². The van der Waals surface area contributed by atoms with Gasteiger partial charge < -0.3 is 11.3 Å². The molecular formula is C9H10N4O. The highest BCUT2D eigenvalue weighted by Crippen LogP contribution is 2.24. The summed E-state index contributed by atoms with van der Waals surface area (Å²) < 4.78 is 0. The third kappa shape index (κ3) is 1.83. The number of benzene rings is 1. The fourth-order valence-corrected chi connectivity index (χ4v) is 1.04. The van der Waals surface area contributed by atoms with Gasteiger partial charge in [0.05, 0.1) is 5.56 Å². The molecule has 0 atom stereocenters. The minimum atomic E-state index is 0. The van der Waals surface area contributed by atoms with Crippen molar-refractivity contribution in [3.63, 3.8) is 0 Å². The number of rotatable bonds is 1. The molecule has 0 unspecified atom stereocenters. The zero-order valence-corrected chi connectivity index (χ0v) is 7.46. The quantitative estimate of drug-likeness (QED) is 0.708. The molecule has 0 amide bonds. The van der Waals surface area contributed by atoms with E-state index in [1.165, 1.54) is 12.7 Å². The van der Waals surface area contributed by atoms with E-state index in [2.05, 4.69) is 15.0 Å². The molecule has 0 aliphatic heterocycles. The Morgan fingerprint density at radius 2 is 1.64 bits per heavy atom. The van der Waals surface area contributed by atoms with Gasteiger partial charge >= 0.3 is 0 Å². The number of nitrogens with zero attached hydrogens (tertiary/aromatic N) is 3. The molecule has 5 heteroatoms. The fraction of sp³-hybridized carbons (Fsp3) is 0. The lowest BCUT2D eigenvalue weighted by atomic mass is 10.2. The van der Waals surface area contributed by atoms with Crippen molar-refractivity contribution in [2.24, 2.45) is 0 Å². The summed E-state index contributed by atoms with van der Waals surface area (Å²) in [7, 11) is 0. The molecule has 1 aromatic carbocycles. The summed E-state index contributed by atoms with van der Waals surface area (Å²) >= 11 is 0. The Morgan fingerprint density at radius 3 is 2.29 bits per heavy atom. The van der Waals surface area contributed by atoms with Crippen LogP contribution in [0.25, 0.3) is 11.4 Å². The summed E-state index contributed by atoms with van der Waals surface area (Å²) in [4.78, 5) is 11.6. The van der Waals surface area contributed by atoms with Crippen molar-refractivity contribution in [3.8, 4) is 17.1 Å². The minimum absolute atomic E-state index is 0. The summed E-state index contributed by atoms with van der Waals surface area (Å²) in [5.41, 5.74) is 0.616. The summed E-state index contributed by atoms with van der Waals surface area (Å²) in [6.45, 7) is 0. The van der Waals surface area contributed by atoms with Crippen molar-refractivity contribution >= 4 is 0 Å². The maximum absolute atomic E-state index is 9.46. The van der Waals surface area contributed by atoms with Gasteiger partial charge in [0, 0.05) is 0 Å². The van der Waals surface area contributed by atoms with Crippen molar-refractivity contribution < 1.29 is 5.11 Å². The van der Waals surface area contributed by atoms with E-state index >= 15 is 0 Å². The van der Waals surface area contributed by atoms with Gasteiger partial charge in [0.15, 0.2) is 5.82 Å². The van der Waals surface area contributed by atoms with E-state index in [1.54, 1.807) is 18.2 Å². The minimum Gasteiger partial charge on any atom is -0.507 e. The third-order valence-corrected chi connectivity index (χ3v) is 1.64. The van der Waals surface area contributed by atoms with E-state index in [9.17, 15) is 5.11 Å². The molecule has 14 heavy (non-hydrogen) atoms. The number of phenolic OH excluding ortho intramolecular Hbond substituents is 1. The second-order valence-corrected chi connectivity index (χ2v) is 2.48. The highest BCUT2D eigenvalue weighted by atomic mass is 16.3. The monoisotopic (exact) mass is 190 g/mol. The van der Waals surface area contributed by atoms with E-state index < -0.39 is 0 Å². The Balaban J connectivity index is 0.000000980. The lowest BCUT2D eigenvalue weighted by molar-refractivity contribution is 0.477. The molecule has 5 nitrogen and oxygen atoms in total. The molecule has 0 spiro atoms. The molecule has 72 valence electrons. The van der Waals surface area contributed by atoms with Crippen LogP contribution in [-0.2, 0) is 0 Å². The second-order valence-electron chi connectivity index (χ2n) is 2.48. The molecule has 0 aliphatic rings.